The van der Waals surface area contributed by atoms with Crippen LogP contribution in [0, 0.1) is 0 Å². The number of nitrogens with two attached hydrogens (primary N) is 1. The van der Waals surface area contributed by atoms with E-state index in [4.69, 9.17) is 5.73 Å². The predicted molar refractivity (Wildman–Crippen MR) is 77.2 cm³/mol. The first-order valence-corrected chi connectivity index (χ1v) is 6.08. The Morgan fingerprint density at radius 2 is 2.16 bits per heavy atom. The molecule has 0 spiro atoms. The van der Waals surface area contributed by atoms with Crippen molar-refractivity contribution < 1.29 is 4.79 Å². The van der Waals surface area contributed by atoms with Crippen LogP contribution in [0.3, 0.4) is 0 Å². The number of pyridine rings is 1. The maximum atomic E-state index is 11.3. The molecule has 0 atom stereocenters. The second-order valence-corrected chi connectivity index (χ2v) is 4.55. The Morgan fingerprint density at radius 3 is 2.74 bits per heavy atom. The van der Waals surface area contributed by atoms with Crippen LogP contribution >= 0.6 is 0 Å². The maximum absolute atomic E-state index is 11.3. The fourth-order valence-electron chi connectivity index (χ4n) is 1.96. The second-order valence-electron chi connectivity index (χ2n) is 4.55. The van der Waals surface area contributed by atoms with Crippen molar-refractivity contribution in [2.45, 2.75) is 13.5 Å². The van der Waals surface area contributed by atoms with Gasteiger partial charge in [-0.15, -0.1) is 0 Å². The first-order chi connectivity index (χ1) is 9.08. The third-order valence-electron chi connectivity index (χ3n) is 3.00. The van der Waals surface area contributed by atoms with Gasteiger partial charge in [-0.05, 0) is 36.8 Å². The topological polar surface area (TPSA) is 59.2 Å². The molecule has 0 unspecified atom stereocenters. The van der Waals surface area contributed by atoms with Crippen molar-refractivity contribution in [1.82, 2.24) is 4.98 Å². The summed E-state index contributed by atoms with van der Waals surface area (Å²) in [6, 6.07) is 9.44. The molecule has 2 aromatic rings. The fourth-order valence-corrected chi connectivity index (χ4v) is 1.96. The minimum atomic E-state index is -0.0148. The summed E-state index contributed by atoms with van der Waals surface area (Å²) >= 11 is 0. The molecule has 0 fully saturated rings. The van der Waals surface area contributed by atoms with E-state index in [0.29, 0.717) is 11.3 Å². The molecule has 0 aliphatic rings. The SMILES string of the molecule is CC(=O)c1ccc(N(C)Cc2cccnc2)cc1N. The first-order valence-electron chi connectivity index (χ1n) is 6.08. The maximum Gasteiger partial charge on any atom is 0.161 e. The lowest BCUT2D eigenvalue weighted by Gasteiger charge is -2.20. The van der Waals surface area contributed by atoms with E-state index in [1.165, 1.54) is 6.92 Å². The highest BCUT2D eigenvalue weighted by molar-refractivity contribution is 5.99. The Morgan fingerprint density at radius 1 is 1.37 bits per heavy atom. The van der Waals surface area contributed by atoms with E-state index >= 15 is 0 Å². The van der Waals surface area contributed by atoms with Crippen LogP contribution in [0.5, 0.6) is 0 Å². The van der Waals surface area contributed by atoms with E-state index < -0.39 is 0 Å². The lowest BCUT2D eigenvalue weighted by atomic mass is 10.1. The third kappa shape index (κ3) is 3.10. The quantitative estimate of drug-likeness (QED) is 0.673. The van der Waals surface area contributed by atoms with E-state index in [2.05, 4.69) is 9.88 Å². The molecule has 4 heteroatoms. The number of rotatable bonds is 4. The highest BCUT2D eigenvalue weighted by atomic mass is 16.1. The summed E-state index contributed by atoms with van der Waals surface area (Å²) in [5.74, 6) is -0.0148. The van der Waals surface area contributed by atoms with Gasteiger partial charge in [0, 0.05) is 42.9 Å². The molecular weight excluding hydrogens is 238 g/mol. The van der Waals surface area contributed by atoms with Crippen molar-refractivity contribution >= 4 is 17.2 Å². The number of carbonyl (C=O) groups is 1. The molecule has 0 aliphatic carbocycles. The van der Waals surface area contributed by atoms with Gasteiger partial charge in [0.1, 0.15) is 0 Å². The normalized spacial score (nSPS) is 10.2. The zero-order valence-electron chi connectivity index (χ0n) is 11.1. The Bertz CT molecular complexity index is 581. The summed E-state index contributed by atoms with van der Waals surface area (Å²) in [7, 11) is 1.98. The number of benzene rings is 1. The Balaban J connectivity index is 2.18. The minimum Gasteiger partial charge on any atom is -0.398 e. The zero-order valence-corrected chi connectivity index (χ0v) is 11.1. The molecule has 98 valence electrons. The van der Waals surface area contributed by atoms with Crippen molar-refractivity contribution in [2.75, 3.05) is 17.7 Å². The number of anilines is 2. The van der Waals surface area contributed by atoms with Crippen LogP contribution in [0.2, 0.25) is 0 Å². The number of ketones is 1. The Kier molecular flexibility index (Phi) is 3.80. The van der Waals surface area contributed by atoms with E-state index in [-0.39, 0.29) is 5.78 Å². The predicted octanol–water partition coefficient (Wildman–Crippen LogP) is 2.50. The van der Waals surface area contributed by atoms with Gasteiger partial charge >= 0.3 is 0 Å². The van der Waals surface area contributed by atoms with E-state index in [0.717, 1.165) is 17.8 Å². The van der Waals surface area contributed by atoms with E-state index in [1.54, 1.807) is 12.3 Å². The molecule has 0 bridgehead atoms. The highest BCUT2D eigenvalue weighted by Crippen LogP contribution is 2.22. The number of nitrogen functional groups attached to an aromatic ring is 1. The summed E-state index contributed by atoms with van der Waals surface area (Å²) < 4.78 is 0. The summed E-state index contributed by atoms with van der Waals surface area (Å²) in [6.07, 6.45) is 3.59. The number of hydrogen-bond acceptors (Lipinski definition) is 4. The standard InChI is InChI=1S/C15H17N3O/c1-11(19)14-6-5-13(8-15(14)16)18(2)10-12-4-3-7-17-9-12/h3-9H,10,16H2,1-2H3. The molecule has 2 rings (SSSR count). The van der Waals surface area contributed by atoms with Gasteiger partial charge in [0.2, 0.25) is 0 Å². The second kappa shape index (κ2) is 5.52. The number of hydrogen-bond donors (Lipinski definition) is 1. The smallest absolute Gasteiger partial charge is 0.161 e. The van der Waals surface area contributed by atoms with Gasteiger partial charge in [0.05, 0.1) is 0 Å². The third-order valence-corrected chi connectivity index (χ3v) is 3.00. The monoisotopic (exact) mass is 255 g/mol. The Labute approximate surface area is 112 Å². The number of aromatic nitrogens is 1. The molecule has 0 aliphatic heterocycles. The molecule has 1 aromatic carbocycles. The summed E-state index contributed by atoms with van der Waals surface area (Å²) in [6.45, 7) is 2.26. The molecule has 0 amide bonds. The van der Waals surface area contributed by atoms with Crippen LogP contribution in [0.1, 0.15) is 22.8 Å². The summed E-state index contributed by atoms with van der Waals surface area (Å²) in [4.78, 5) is 17.5. The number of nitrogens with zero attached hydrogens (tertiary/aromatic N) is 2. The number of Topliss-reactive ketones (excluding diaryl/α,β-unsaturated/α-hetero) is 1. The lowest BCUT2D eigenvalue weighted by Crippen LogP contribution is -2.17. The van der Waals surface area contributed by atoms with Crippen molar-refractivity contribution in [1.29, 1.82) is 0 Å². The summed E-state index contributed by atoms with van der Waals surface area (Å²) in [5.41, 5.74) is 9.08. The first kappa shape index (κ1) is 13.1. The largest absolute Gasteiger partial charge is 0.398 e. The van der Waals surface area contributed by atoms with Gasteiger partial charge in [-0.3, -0.25) is 9.78 Å². The molecule has 1 aromatic heterocycles. The van der Waals surface area contributed by atoms with Crippen LogP contribution in [0.4, 0.5) is 11.4 Å². The van der Waals surface area contributed by atoms with Crippen molar-refractivity contribution in [2.24, 2.45) is 0 Å². The molecule has 0 saturated carbocycles. The van der Waals surface area contributed by atoms with Gasteiger partial charge in [0.15, 0.2) is 5.78 Å². The number of carbonyl (C=O) groups excluding carboxylic acids is 1. The molecule has 1 heterocycles. The molecule has 19 heavy (non-hydrogen) atoms. The van der Waals surface area contributed by atoms with E-state index in [9.17, 15) is 4.79 Å². The van der Waals surface area contributed by atoms with Gasteiger partial charge in [0.25, 0.3) is 0 Å². The van der Waals surface area contributed by atoms with Crippen LogP contribution in [0.25, 0.3) is 0 Å². The van der Waals surface area contributed by atoms with E-state index in [1.807, 2.05) is 37.5 Å². The molecule has 0 saturated heterocycles. The molecule has 4 nitrogen and oxygen atoms in total. The van der Waals surface area contributed by atoms with Crippen molar-refractivity contribution in [3.05, 3.63) is 53.9 Å². The summed E-state index contributed by atoms with van der Waals surface area (Å²) in [5, 5.41) is 0. The van der Waals surface area contributed by atoms with Crippen molar-refractivity contribution in [3.63, 3.8) is 0 Å². The average molecular weight is 255 g/mol. The zero-order chi connectivity index (χ0) is 13.8. The van der Waals surface area contributed by atoms with Crippen LogP contribution in [0.15, 0.2) is 42.7 Å². The lowest BCUT2D eigenvalue weighted by molar-refractivity contribution is 0.101. The van der Waals surface area contributed by atoms with Crippen LogP contribution in [-0.2, 0) is 6.54 Å². The molecule has 2 N–H and O–H groups in total. The highest BCUT2D eigenvalue weighted by Gasteiger charge is 2.08. The molecular formula is C15H17N3O. The van der Waals surface area contributed by atoms with Gasteiger partial charge in [-0.1, -0.05) is 6.07 Å². The molecule has 0 radical (unpaired) electrons. The van der Waals surface area contributed by atoms with Gasteiger partial charge in [-0.2, -0.15) is 0 Å². The fraction of sp³-hybridized carbons (Fsp3) is 0.200. The van der Waals surface area contributed by atoms with Crippen LogP contribution < -0.4 is 10.6 Å². The average Bonchev–Trinajstić information content (AvgIpc) is 2.39. The van der Waals surface area contributed by atoms with Crippen LogP contribution in [-0.4, -0.2) is 17.8 Å². The Hall–Kier alpha value is -2.36. The minimum absolute atomic E-state index is 0.0148. The van der Waals surface area contributed by atoms with Gasteiger partial charge < -0.3 is 10.6 Å². The van der Waals surface area contributed by atoms with Crippen molar-refractivity contribution in [3.8, 4) is 0 Å². The van der Waals surface area contributed by atoms with Gasteiger partial charge in [-0.25, -0.2) is 0 Å².